The van der Waals surface area contributed by atoms with E-state index in [0.29, 0.717) is 31.9 Å². The number of Topliss-reactive ketones (excluding diaryl/α,β-unsaturated/α-hetero) is 1. The number of nitrogens with zero attached hydrogens (tertiary/aromatic N) is 2. The molecule has 0 spiro atoms. The first kappa shape index (κ1) is 64.9. The zero-order valence-electron chi connectivity index (χ0n) is 49.1. The average Bonchev–Trinajstić information content (AvgIpc) is 3.51. The molecule has 0 saturated carbocycles. The van der Waals surface area contributed by atoms with E-state index >= 15 is 9.59 Å². The minimum atomic E-state index is -1.85. The number of cyclic esters (lactones) is 1. The van der Waals surface area contributed by atoms with Gasteiger partial charge in [0.2, 0.25) is 0 Å². The van der Waals surface area contributed by atoms with Crippen molar-refractivity contribution in [2.45, 2.75) is 239 Å². The number of oxime groups is 1. The maximum Gasteiger partial charge on any atom is 0.311 e. The average molecular weight is 1100 g/mol. The molecule has 0 amide bonds. The number of ether oxygens (including phenoxy) is 12. The summed E-state index contributed by atoms with van der Waals surface area (Å²) in [4.78, 5) is 65.6. The molecule has 5 heterocycles. The maximum absolute atomic E-state index is 15.5. The SMILES string of the molecule is CO/N=C1\C[C@@H](C)O[C@@H](O[C@@H]2[C@@H](C)[C@H](O[C@H]3CC(C)N(C4CCOCC4)C[C@H](C)O3)[C@@H](C)C(=O)OC([C@@H](C)CO[C@@H]3O[C@H](C)[C@@H](O)[C@@H](OC)[C@H]3OC)[C@H](C)[C@@H](OC(=O)CC(C)C)[C@@H](C)C(=O)[C@@](C)(OC(C)=O)C[C@@H]2C)[C@@H]1O. The second kappa shape index (κ2) is 29.2. The molecule has 0 bridgehead atoms. The minimum absolute atomic E-state index is 0.0102. The summed E-state index contributed by atoms with van der Waals surface area (Å²) in [6.45, 7) is 26.7. The van der Waals surface area contributed by atoms with Gasteiger partial charge in [-0.25, -0.2) is 0 Å². The van der Waals surface area contributed by atoms with Gasteiger partial charge in [-0.2, -0.15) is 0 Å². The van der Waals surface area contributed by atoms with E-state index in [1.807, 2.05) is 48.5 Å². The van der Waals surface area contributed by atoms with E-state index in [1.165, 1.54) is 28.3 Å². The summed E-state index contributed by atoms with van der Waals surface area (Å²) in [5.41, 5.74) is -1.55. The monoisotopic (exact) mass is 1100 g/mol. The van der Waals surface area contributed by atoms with Gasteiger partial charge in [0, 0.05) is 90.0 Å². The molecule has 21 heteroatoms. The van der Waals surface area contributed by atoms with Crippen LogP contribution >= 0.6 is 0 Å². The van der Waals surface area contributed by atoms with E-state index in [0.717, 1.165) is 12.8 Å². The van der Waals surface area contributed by atoms with Gasteiger partial charge in [-0.15, -0.1) is 0 Å². The molecule has 0 aromatic heterocycles. The van der Waals surface area contributed by atoms with Crippen molar-refractivity contribution in [3.8, 4) is 0 Å². The molecule has 21 nitrogen and oxygen atoms in total. The molecule has 22 atom stereocenters. The first-order valence-electron chi connectivity index (χ1n) is 28.1. The molecular formula is C56H96N2O19. The molecule has 5 fully saturated rings. The number of hydrogen-bond acceptors (Lipinski definition) is 21. The molecule has 444 valence electrons. The highest BCUT2D eigenvalue weighted by molar-refractivity contribution is 5.91. The van der Waals surface area contributed by atoms with Crippen LogP contribution in [0.15, 0.2) is 5.16 Å². The molecule has 0 aliphatic carbocycles. The van der Waals surface area contributed by atoms with Crippen LogP contribution in [0.1, 0.15) is 135 Å². The van der Waals surface area contributed by atoms with Gasteiger partial charge < -0.3 is 71.9 Å². The standard InChI is InChI=1S/C56H96N2O19/c1-28(2)22-42(60)73-48-35(9)47(30(4)27-69-55-51(66-16)50(65-15)44(61)38(12)72-55)75-53(64)37(11)49(74-43-23-31(5)58(26-33(7)70-43)40-18-20-68-21-19-40)34(8)46(76-54-45(62)41(57-67-17)24-32(6)71-54)29(3)25-56(14,77-39(13)59)52(63)36(48)10/h28-38,40,43-51,54-55,61-62H,18-27H2,1-17H3/b57-41+/t29-,30-,31?,32+,33-,34+,35-,36+,37+,38+,43-,44+,45+,46-,47?,48+,49-,50+,51+,54-,55+,56-/m0/s1. The van der Waals surface area contributed by atoms with Crippen LogP contribution in [0.3, 0.4) is 0 Å². The number of methoxy groups -OCH3 is 2. The van der Waals surface area contributed by atoms with Gasteiger partial charge in [0.1, 0.15) is 43.7 Å². The number of esters is 3. The van der Waals surface area contributed by atoms with E-state index in [-0.39, 0.29) is 50.0 Å². The fourth-order valence-corrected chi connectivity index (χ4v) is 12.4. The van der Waals surface area contributed by atoms with Gasteiger partial charge in [-0.1, -0.05) is 53.6 Å². The van der Waals surface area contributed by atoms with Crippen LogP contribution in [0.25, 0.3) is 0 Å². The summed E-state index contributed by atoms with van der Waals surface area (Å²) in [5.74, 6) is -7.83. The van der Waals surface area contributed by atoms with Crippen molar-refractivity contribution in [3.63, 3.8) is 0 Å². The minimum Gasteiger partial charge on any atom is -0.461 e. The fraction of sp³-hybridized carbons (Fsp3) is 0.911. The van der Waals surface area contributed by atoms with Gasteiger partial charge in [-0.3, -0.25) is 24.1 Å². The number of aliphatic hydroxyl groups excluding tert-OH is 2. The molecule has 77 heavy (non-hydrogen) atoms. The van der Waals surface area contributed by atoms with E-state index < -0.39 is 145 Å². The lowest BCUT2D eigenvalue weighted by molar-refractivity contribution is -0.305. The van der Waals surface area contributed by atoms with Gasteiger partial charge in [0.15, 0.2) is 30.3 Å². The fourth-order valence-electron chi connectivity index (χ4n) is 12.4. The first-order chi connectivity index (χ1) is 36.2. The van der Waals surface area contributed by atoms with Crippen molar-refractivity contribution in [2.24, 2.45) is 46.6 Å². The van der Waals surface area contributed by atoms with E-state index in [4.69, 9.17) is 61.7 Å². The van der Waals surface area contributed by atoms with Crippen molar-refractivity contribution >= 4 is 29.4 Å². The predicted molar refractivity (Wildman–Crippen MR) is 280 cm³/mol. The summed E-state index contributed by atoms with van der Waals surface area (Å²) in [6.07, 6.45) is -10.5. The van der Waals surface area contributed by atoms with Crippen LogP contribution < -0.4 is 0 Å². The Labute approximate surface area is 457 Å². The second-order valence-electron chi connectivity index (χ2n) is 23.5. The lowest BCUT2D eigenvalue weighted by Gasteiger charge is -2.45. The number of aliphatic hydroxyl groups is 2. The predicted octanol–water partition coefficient (Wildman–Crippen LogP) is 5.39. The Bertz CT molecular complexity index is 1920. The van der Waals surface area contributed by atoms with Gasteiger partial charge in [-0.05, 0) is 72.6 Å². The molecule has 5 aliphatic heterocycles. The normalized spacial score (nSPS) is 41.7. The third-order valence-electron chi connectivity index (χ3n) is 16.4. The number of rotatable bonds is 16. The second-order valence-corrected chi connectivity index (χ2v) is 23.5. The van der Waals surface area contributed by atoms with Gasteiger partial charge in [0.05, 0.1) is 54.7 Å². The number of ketones is 1. The van der Waals surface area contributed by atoms with Crippen molar-refractivity contribution < 1.29 is 91.1 Å². The zero-order chi connectivity index (χ0) is 57.2. The van der Waals surface area contributed by atoms with Crippen LogP contribution in [0, 0.1) is 41.4 Å². The van der Waals surface area contributed by atoms with E-state index in [9.17, 15) is 19.8 Å². The highest BCUT2D eigenvalue weighted by atomic mass is 16.7. The molecule has 0 aromatic rings. The Morgan fingerprint density at radius 2 is 1.47 bits per heavy atom. The highest BCUT2D eigenvalue weighted by Crippen LogP contribution is 2.41. The molecule has 5 rings (SSSR count). The van der Waals surface area contributed by atoms with Crippen LogP contribution in [-0.4, -0.2) is 196 Å². The maximum atomic E-state index is 15.5. The highest BCUT2D eigenvalue weighted by Gasteiger charge is 2.53. The molecular weight excluding hydrogens is 1000 g/mol. The quantitative estimate of drug-likeness (QED) is 0.112. The number of carbonyl (C=O) groups is 4. The summed E-state index contributed by atoms with van der Waals surface area (Å²) in [5, 5.41) is 26.8. The Hall–Kier alpha value is -2.93. The summed E-state index contributed by atoms with van der Waals surface area (Å²) in [7, 11) is 4.30. The van der Waals surface area contributed by atoms with Crippen LogP contribution in [0.4, 0.5) is 0 Å². The Morgan fingerprint density at radius 1 is 0.805 bits per heavy atom. The zero-order valence-corrected chi connectivity index (χ0v) is 49.1. The van der Waals surface area contributed by atoms with Crippen molar-refractivity contribution in [3.05, 3.63) is 0 Å². The topological polar surface area (TPSA) is 244 Å². The van der Waals surface area contributed by atoms with E-state index in [2.05, 4.69) is 17.0 Å². The lowest BCUT2D eigenvalue weighted by atomic mass is 9.74. The lowest BCUT2D eigenvalue weighted by Crippen LogP contribution is -2.59. The molecule has 0 radical (unpaired) electrons. The van der Waals surface area contributed by atoms with E-state index in [1.54, 1.807) is 34.6 Å². The molecule has 0 aromatic carbocycles. The number of hydrogen-bond donors (Lipinski definition) is 2. The molecule has 2 N–H and O–H groups in total. The van der Waals surface area contributed by atoms with Gasteiger partial charge in [0.25, 0.3) is 0 Å². The smallest absolute Gasteiger partial charge is 0.311 e. The van der Waals surface area contributed by atoms with Crippen LogP contribution in [0.5, 0.6) is 0 Å². The van der Waals surface area contributed by atoms with Crippen molar-refractivity contribution in [1.82, 2.24) is 4.90 Å². The summed E-state index contributed by atoms with van der Waals surface area (Å²) in [6, 6.07) is 0.299. The largest absolute Gasteiger partial charge is 0.461 e. The third-order valence-corrected chi connectivity index (χ3v) is 16.4. The van der Waals surface area contributed by atoms with Crippen LogP contribution in [0.2, 0.25) is 0 Å². The Kier molecular flexibility index (Phi) is 24.6. The summed E-state index contributed by atoms with van der Waals surface area (Å²) >= 11 is 0. The van der Waals surface area contributed by atoms with Crippen LogP contribution in [-0.2, 0) is 80.9 Å². The summed E-state index contributed by atoms with van der Waals surface area (Å²) < 4.78 is 76.0. The Morgan fingerprint density at radius 3 is 2.08 bits per heavy atom. The molecule has 5 saturated heterocycles. The number of carbonyl (C=O) groups excluding carboxylic acids is 4. The van der Waals surface area contributed by atoms with Gasteiger partial charge >= 0.3 is 17.9 Å². The molecule has 2 unspecified atom stereocenters. The first-order valence-corrected chi connectivity index (χ1v) is 28.1. The Balaban J connectivity index is 1.67. The third kappa shape index (κ3) is 16.6. The van der Waals surface area contributed by atoms with Crippen molar-refractivity contribution in [1.29, 1.82) is 0 Å². The molecule has 5 aliphatic rings. The van der Waals surface area contributed by atoms with Crippen molar-refractivity contribution in [2.75, 3.05) is 47.7 Å².